The van der Waals surface area contributed by atoms with Crippen LogP contribution in [0.1, 0.15) is 11.3 Å². The molecule has 3 rings (SSSR count). The maximum absolute atomic E-state index is 5.41. The summed E-state index contributed by atoms with van der Waals surface area (Å²) in [6.45, 7) is 3.07. The standard InChI is InChI=1S/C18H21N3O3/c1-22-16-6-4-14(17(13-16)23-2)3-5-15-7-8-19-18(20-15)21-9-11-24-12-10-21/h3-8,13H,9-12H2,1-2H3/b5-3+. The summed E-state index contributed by atoms with van der Waals surface area (Å²) < 4.78 is 16.0. The average molecular weight is 327 g/mol. The molecule has 1 aliphatic rings. The molecule has 1 aromatic heterocycles. The Labute approximate surface area is 141 Å². The lowest BCUT2D eigenvalue weighted by atomic mass is 10.1. The molecule has 0 radical (unpaired) electrons. The third-order valence-electron chi connectivity index (χ3n) is 3.83. The summed E-state index contributed by atoms with van der Waals surface area (Å²) >= 11 is 0. The Bertz CT molecular complexity index is 712. The molecular weight excluding hydrogens is 306 g/mol. The summed E-state index contributed by atoms with van der Waals surface area (Å²) in [4.78, 5) is 11.1. The Morgan fingerprint density at radius 3 is 2.67 bits per heavy atom. The third-order valence-corrected chi connectivity index (χ3v) is 3.83. The van der Waals surface area contributed by atoms with Crippen molar-refractivity contribution >= 4 is 18.1 Å². The summed E-state index contributed by atoms with van der Waals surface area (Å²) in [5.74, 6) is 2.26. The fraction of sp³-hybridized carbons (Fsp3) is 0.333. The molecule has 24 heavy (non-hydrogen) atoms. The van der Waals surface area contributed by atoms with Gasteiger partial charge in [-0.15, -0.1) is 0 Å². The summed E-state index contributed by atoms with van der Waals surface area (Å²) in [7, 11) is 3.28. The molecular formula is C18H21N3O3. The van der Waals surface area contributed by atoms with Crippen LogP contribution in [-0.4, -0.2) is 50.5 Å². The van der Waals surface area contributed by atoms with Crippen molar-refractivity contribution in [3.8, 4) is 11.5 Å². The predicted molar refractivity (Wildman–Crippen MR) is 93.5 cm³/mol. The Morgan fingerprint density at radius 1 is 1.08 bits per heavy atom. The molecule has 0 amide bonds. The van der Waals surface area contributed by atoms with Gasteiger partial charge in [0.1, 0.15) is 11.5 Å². The van der Waals surface area contributed by atoms with Gasteiger partial charge < -0.3 is 19.1 Å². The normalized spacial score (nSPS) is 14.8. The van der Waals surface area contributed by atoms with E-state index < -0.39 is 0 Å². The number of morpholine rings is 1. The van der Waals surface area contributed by atoms with Gasteiger partial charge in [-0.25, -0.2) is 9.97 Å². The van der Waals surface area contributed by atoms with E-state index in [4.69, 9.17) is 14.2 Å². The molecule has 0 bridgehead atoms. The number of rotatable bonds is 5. The smallest absolute Gasteiger partial charge is 0.225 e. The van der Waals surface area contributed by atoms with E-state index in [0.29, 0.717) is 13.2 Å². The van der Waals surface area contributed by atoms with E-state index in [-0.39, 0.29) is 0 Å². The maximum Gasteiger partial charge on any atom is 0.225 e. The van der Waals surface area contributed by atoms with Gasteiger partial charge in [0.2, 0.25) is 5.95 Å². The van der Waals surface area contributed by atoms with Gasteiger partial charge in [-0.2, -0.15) is 0 Å². The number of hydrogen-bond acceptors (Lipinski definition) is 6. The van der Waals surface area contributed by atoms with Gasteiger partial charge in [0.05, 0.1) is 33.1 Å². The minimum absolute atomic E-state index is 0.715. The molecule has 0 N–H and O–H groups in total. The first-order valence-corrected chi connectivity index (χ1v) is 7.86. The second-order valence-corrected chi connectivity index (χ2v) is 5.32. The molecule has 1 saturated heterocycles. The number of ether oxygens (including phenoxy) is 3. The van der Waals surface area contributed by atoms with Crippen LogP contribution in [0.15, 0.2) is 30.5 Å². The fourth-order valence-corrected chi connectivity index (χ4v) is 2.50. The highest BCUT2D eigenvalue weighted by molar-refractivity contribution is 5.72. The van der Waals surface area contributed by atoms with Crippen LogP contribution in [0.2, 0.25) is 0 Å². The van der Waals surface area contributed by atoms with E-state index in [1.807, 2.05) is 36.4 Å². The Kier molecular flexibility index (Phi) is 5.28. The lowest BCUT2D eigenvalue weighted by Crippen LogP contribution is -2.37. The highest BCUT2D eigenvalue weighted by Gasteiger charge is 2.13. The van der Waals surface area contributed by atoms with Gasteiger partial charge in [-0.3, -0.25) is 0 Å². The lowest BCUT2D eigenvalue weighted by Gasteiger charge is -2.26. The van der Waals surface area contributed by atoms with Gasteiger partial charge in [-0.05, 0) is 30.4 Å². The topological polar surface area (TPSA) is 56.7 Å². The number of benzene rings is 1. The van der Waals surface area contributed by atoms with Crippen LogP contribution in [-0.2, 0) is 4.74 Å². The zero-order chi connectivity index (χ0) is 16.8. The van der Waals surface area contributed by atoms with E-state index >= 15 is 0 Å². The van der Waals surface area contributed by atoms with Gasteiger partial charge in [0.15, 0.2) is 0 Å². The highest BCUT2D eigenvalue weighted by Crippen LogP contribution is 2.26. The van der Waals surface area contributed by atoms with Crippen molar-refractivity contribution in [2.75, 3.05) is 45.4 Å². The van der Waals surface area contributed by atoms with Gasteiger partial charge >= 0.3 is 0 Å². The Morgan fingerprint density at radius 2 is 1.92 bits per heavy atom. The van der Waals surface area contributed by atoms with Crippen LogP contribution >= 0.6 is 0 Å². The maximum atomic E-state index is 5.41. The number of methoxy groups -OCH3 is 2. The van der Waals surface area contributed by atoms with Crippen molar-refractivity contribution in [1.82, 2.24) is 9.97 Å². The molecule has 0 unspecified atom stereocenters. The number of nitrogens with zero attached hydrogens (tertiary/aromatic N) is 3. The number of anilines is 1. The largest absolute Gasteiger partial charge is 0.497 e. The minimum Gasteiger partial charge on any atom is -0.497 e. The molecule has 1 aliphatic heterocycles. The Balaban J connectivity index is 1.79. The van der Waals surface area contributed by atoms with Crippen molar-refractivity contribution in [2.24, 2.45) is 0 Å². The molecule has 126 valence electrons. The number of aromatic nitrogens is 2. The van der Waals surface area contributed by atoms with E-state index in [9.17, 15) is 0 Å². The SMILES string of the molecule is COc1ccc(/C=C/c2ccnc(N3CCOCC3)n2)c(OC)c1. The molecule has 0 saturated carbocycles. The highest BCUT2D eigenvalue weighted by atomic mass is 16.5. The zero-order valence-electron chi connectivity index (χ0n) is 13.9. The molecule has 0 aliphatic carbocycles. The monoisotopic (exact) mass is 327 g/mol. The van der Waals surface area contributed by atoms with Crippen LogP contribution in [0.5, 0.6) is 11.5 Å². The van der Waals surface area contributed by atoms with E-state index in [1.54, 1.807) is 20.4 Å². The van der Waals surface area contributed by atoms with Crippen LogP contribution < -0.4 is 14.4 Å². The molecule has 6 heteroatoms. The zero-order valence-corrected chi connectivity index (χ0v) is 13.9. The summed E-state index contributed by atoms with van der Waals surface area (Å²) in [6.07, 6.45) is 5.71. The second-order valence-electron chi connectivity index (χ2n) is 5.32. The molecule has 6 nitrogen and oxygen atoms in total. The molecule has 1 aromatic carbocycles. The fourth-order valence-electron chi connectivity index (χ4n) is 2.50. The van der Waals surface area contributed by atoms with Crippen molar-refractivity contribution in [3.63, 3.8) is 0 Å². The average Bonchev–Trinajstić information content (AvgIpc) is 2.67. The van der Waals surface area contributed by atoms with E-state index in [0.717, 1.165) is 41.8 Å². The molecule has 2 heterocycles. The van der Waals surface area contributed by atoms with E-state index in [2.05, 4.69) is 14.9 Å². The van der Waals surface area contributed by atoms with Gasteiger partial charge in [0.25, 0.3) is 0 Å². The van der Waals surface area contributed by atoms with Crippen LogP contribution in [0.4, 0.5) is 5.95 Å². The van der Waals surface area contributed by atoms with E-state index in [1.165, 1.54) is 0 Å². The first kappa shape index (κ1) is 16.3. The first-order valence-electron chi connectivity index (χ1n) is 7.86. The van der Waals surface area contributed by atoms with Crippen molar-refractivity contribution in [1.29, 1.82) is 0 Å². The van der Waals surface area contributed by atoms with Crippen molar-refractivity contribution in [2.45, 2.75) is 0 Å². The summed E-state index contributed by atoms with van der Waals surface area (Å²) in [5, 5.41) is 0. The molecule has 1 fully saturated rings. The third kappa shape index (κ3) is 3.83. The molecule has 0 spiro atoms. The van der Waals surface area contributed by atoms with Gasteiger partial charge in [0, 0.05) is 30.9 Å². The second kappa shape index (κ2) is 7.79. The molecule has 0 atom stereocenters. The summed E-state index contributed by atoms with van der Waals surface area (Å²) in [6, 6.07) is 7.61. The summed E-state index contributed by atoms with van der Waals surface area (Å²) in [5.41, 5.74) is 1.81. The van der Waals surface area contributed by atoms with Crippen molar-refractivity contribution < 1.29 is 14.2 Å². The Hall–Kier alpha value is -2.60. The van der Waals surface area contributed by atoms with Crippen molar-refractivity contribution in [3.05, 3.63) is 41.7 Å². The predicted octanol–water partition coefficient (Wildman–Crippen LogP) is 2.50. The van der Waals surface area contributed by atoms with Crippen LogP contribution in [0, 0.1) is 0 Å². The number of hydrogen-bond donors (Lipinski definition) is 0. The van der Waals surface area contributed by atoms with Crippen LogP contribution in [0.3, 0.4) is 0 Å². The van der Waals surface area contributed by atoms with Crippen LogP contribution in [0.25, 0.3) is 12.2 Å². The lowest BCUT2D eigenvalue weighted by molar-refractivity contribution is 0.122. The molecule has 2 aromatic rings. The first-order chi connectivity index (χ1) is 11.8. The van der Waals surface area contributed by atoms with Gasteiger partial charge in [-0.1, -0.05) is 0 Å². The quantitative estimate of drug-likeness (QED) is 0.841. The minimum atomic E-state index is 0.715.